The first-order valence-electron chi connectivity index (χ1n) is 23.2. The molecule has 8 rings (SSSR count). The smallest absolute Gasteiger partial charge is 0.329 e. The van der Waals surface area contributed by atoms with E-state index >= 15 is 19.2 Å². The molecule has 1 spiro atoms. The van der Waals surface area contributed by atoms with Crippen LogP contribution in [0.25, 0.3) is 0 Å². The Bertz CT molecular complexity index is 2520. The summed E-state index contributed by atoms with van der Waals surface area (Å²) in [6, 6.07) is 25.6. The van der Waals surface area contributed by atoms with Crippen molar-refractivity contribution in [1.29, 1.82) is 0 Å². The summed E-state index contributed by atoms with van der Waals surface area (Å²) in [6.07, 6.45) is 3.50. The van der Waals surface area contributed by atoms with E-state index in [0.29, 0.717) is 48.4 Å². The highest BCUT2D eigenvalue weighted by Crippen LogP contribution is 2.66. The first-order valence-corrected chi connectivity index (χ1v) is 23.2. The molecule has 7 unspecified atom stereocenters. The van der Waals surface area contributed by atoms with E-state index in [1.54, 1.807) is 55.1 Å². The van der Waals surface area contributed by atoms with E-state index in [2.05, 4.69) is 17.2 Å². The number of amides is 4. The van der Waals surface area contributed by atoms with Crippen molar-refractivity contribution in [3.63, 3.8) is 0 Å². The second-order valence-corrected chi connectivity index (χ2v) is 17.8. The molecule has 4 aromatic carbocycles. The summed E-state index contributed by atoms with van der Waals surface area (Å²) in [5.41, 5.74) is 0.776. The van der Waals surface area contributed by atoms with Crippen molar-refractivity contribution in [2.45, 2.75) is 88.1 Å². The van der Waals surface area contributed by atoms with Gasteiger partial charge in [0.2, 0.25) is 11.8 Å². The molecular formula is C53H58N4O10. The summed E-state index contributed by atoms with van der Waals surface area (Å²) >= 11 is 0. The van der Waals surface area contributed by atoms with Crippen molar-refractivity contribution in [3.8, 4) is 17.6 Å². The van der Waals surface area contributed by atoms with Crippen molar-refractivity contribution < 1.29 is 48.4 Å². The molecule has 4 aliphatic heterocycles. The van der Waals surface area contributed by atoms with Crippen LogP contribution in [0.3, 0.4) is 0 Å². The molecule has 0 saturated carbocycles. The largest absolute Gasteiger partial charge is 0.491 e. The number of carbonyl (C=O) groups is 5. The van der Waals surface area contributed by atoms with E-state index in [1.807, 2.05) is 71.6 Å². The normalized spacial score (nSPS) is 24.1. The Morgan fingerprint density at radius 3 is 2.15 bits per heavy atom. The van der Waals surface area contributed by atoms with E-state index in [1.165, 1.54) is 7.11 Å². The maximum Gasteiger partial charge on any atom is 0.329 e. The fourth-order valence-electron chi connectivity index (χ4n) is 10.6. The van der Waals surface area contributed by atoms with E-state index in [0.717, 1.165) is 29.7 Å². The second-order valence-electron chi connectivity index (χ2n) is 17.8. The highest BCUT2D eigenvalue weighted by molar-refractivity contribution is 6.25. The zero-order valence-electron chi connectivity index (χ0n) is 38.1. The van der Waals surface area contributed by atoms with Gasteiger partial charge in [-0.2, -0.15) is 0 Å². The number of morpholine rings is 1. The number of imide groups is 1. The monoisotopic (exact) mass is 910 g/mol. The lowest BCUT2D eigenvalue weighted by Crippen LogP contribution is -2.58. The number of nitrogens with one attached hydrogen (secondary N) is 1. The molecule has 0 aliphatic carbocycles. The molecule has 4 aliphatic rings. The van der Waals surface area contributed by atoms with Gasteiger partial charge < -0.3 is 34.6 Å². The quantitative estimate of drug-likeness (QED) is 0.116. The van der Waals surface area contributed by atoms with Crippen LogP contribution >= 0.6 is 0 Å². The SMILES string of the molecule is COC(=O)C(NC(=O)N1C(=O)C2(c3cc(C#CCCO)ccc31)C(C(=O)N1CCCCCCC1)C1C(=O)OC(c3ccccc3)C(c3ccccc3)N1C2c1cccc(OCCO)c1)C(C)C. The molecule has 0 aromatic heterocycles. The molecule has 350 valence electrons. The number of likely N-dealkylation sites (tertiary alicyclic amines) is 1. The Labute approximate surface area is 391 Å². The lowest BCUT2D eigenvalue weighted by molar-refractivity contribution is -0.179. The van der Waals surface area contributed by atoms with Crippen LogP contribution in [0, 0.1) is 23.7 Å². The number of anilines is 1. The molecule has 3 N–H and O–H groups in total. The van der Waals surface area contributed by atoms with Gasteiger partial charge in [0.15, 0.2) is 0 Å². The minimum Gasteiger partial charge on any atom is -0.491 e. The first-order chi connectivity index (χ1) is 32.6. The van der Waals surface area contributed by atoms with Gasteiger partial charge in [-0.3, -0.25) is 19.3 Å². The number of aliphatic hydroxyl groups is 2. The highest BCUT2D eigenvalue weighted by Gasteiger charge is 2.76. The molecule has 0 bridgehead atoms. The average molecular weight is 911 g/mol. The molecule has 67 heavy (non-hydrogen) atoms. The number of methoxy groups -OCH3 is 1. The number of nitrogens with zero attached hydrogens (tertiary/aromatic N) is 3. The number of hydrogen-bond acceptors (Lipinski definition) is 11. The van der Waals surface area contributed by atoms with E-state index in [-0.39, 0.29) is 37.5 Å². The molecular weight excluding hydrogens is 853 g/mol. The van der Waals surface area contributed by atoms with Gasteiger partial charge >= 0.3 is 18.0 Å². The topological polar surface area (TPSA) is 175 Å². The minimum absolute atomic E-state index is 0.0283. The van der Waals surface area contributed by atoms with Gasteiger partial charge in [0.1, 0.15) is 36.0 Å². The Hall–Kier alpha value is -6.53. The molecule has 4 aromatic rings. The van der Waals surface area contributed by atoms with E-state index < -0.39 is 77.3 Å². The minimum atomic E-state index is -2.04. The van der Waals surface area contributed by atoms with Crippen molar-refractivity contribution in [2.24, 2.45) is 11.8 Å². The Kier molecular flexibility index (Phi) is 14.4. The fourth-order valence-corrected chi connectivity index (χ4v) is 10.6. The van der Waals surface area contributed by atoms with Gasteiger partial charge in [0.05, 0.1) is 44.0 Å². The lowest BCUT2D eigenvalue weighted by atomic mass is 9.64. The molecule has 14 nitrogen and oxygen atoms in total. The third kappa shape index (κ3) is 8.79. The van der Waals surface area contributed by atoms with Gasteiger partial charge in [0.25, 0.3) is 0 Å². The maximum atomic E-state index is 16.7. The number of esters is 2. The summed E-state index contributed by atoms with van der Waals surface area (Å²) in [6.45, 7) is 3.80. The second kappa shape index (κ2) is 20.5. The van der Waals surface area contributed by atoms with Gasteiger partial charge in [-0.05, 0) is 71.3 Å². The number of carbonyl (C=O) groups excluding carboxylic acids is 5. The van der Waals surface area contributed by atoms with Crippen LogP contribution in [0.5, 0.6) is 5.75 Å². The van der Waals surface area contributed by atoms with Crippen LogP contribution in [0.15, 0.2) is 103 Å². The Balaban J connectivity index is 1.47. The summed E-state index contributed by atoms with van der Waals surface area (Å²) in [4.78, 5) is 81.3. The molecule has 14 heteroatoms. The fraction of sp³-hybridized carbons (Fsp3) is 0.415. The zero-order chi connectivity index (χ0) is 47.2. The van der Waals surface area contributed by atoms with Crippen LogP contribution in [0.2, 0.25) is 0 Å². The number of aliphatic hydroxyl groups excluding tert-OH is 2. The number of ether oxygens (including phenoxy) is 3. The Morgan fingerprint density at radius 1 is 0.821 bits per heavy atom. The molecule has 4 heterocycles. The van der Waals surface area contributed by atoms with Gasteiger partial charge in [0, 0.05) is 25.1 Å². The summed E-state index contributed by atoms with van der Waals surface area (Å²) in [7, 11) is 1.22. The van der Waals surface area contributed by atoms with Crippen LogP contribution in [-0.4, -0.2) is 102 Å². The van der Waals surface area contributed by atoms with Crippen LogP contribution in [0.1, 0.15) is 98.4 Å². The number of benzene rings is 4. The van der Waals surface area contributed by atoms with Crippen molar-refractivity contribution in [1.82, 2.24) is 15.1 Å². The van der Waals surface area contributed by atoms with E-state index in [4.69, 9.17) is 14.2 Å². The van der Waals surface area contributed by atoms with E-state index in [9.17, 15) is 15.0 Å². The van der Waals surface area contributed by atoms with Crippen molar-refractivity contribution in [3.05, 3.63) is 131 Å². The first kappa shape index (κ1) is 47.0. The van der Waals surface area contributed by atoms with Gasteiger partial charge in [-0.15, -0.1) is 0 Å². The number of fused-ring (bicyclic) bond motifs is 3. The van der Waals surface area contributed by atoms with Gasteiger partial charge in [-0.25, -0.2) is 14.5 Å². The van der Waals surface area contributed by atoms with Crippen LogP contribution in [0.4, 0.5) is 10.5 Å². The van der Waals surface area contributed by atoms with Gasteiger partial charge in [-0.1, -0.05) is 118 Å². The molecule has 3 saturated heterocycles. The predicted molar refractivity (Wildman–Crippen MR) is 248 cm³/mol. The molecule has 3 fully saturated rings. The lowest BCUT2D eigenvalue weighted by Gasteiger charge is -2.46. The summed E-state index contributed by atoms with van der Waals surface area (Å²) in [5.74, 6) is 1.91. The molecule has 4 amide bonds. The van der Waals surface area contributed by atoms with Crippen molar-refractivity contribution in [2.75, 3.05) is 44.9 Å². The third-order valence-corrected chi connectivity index (χ3v) is 13.5. The standard InChI is InChI=1S/C53H58N4O10/c1-34(2)43(49(61)65-3)54-52(64)56-41-26-25-35(18-13-16-29-58)32-40(41)53(51(56)63)42(48(60)55-27-14-5-4-6-15-28-55)45-50(62)67-46(37-21-11-8-12-22-37)44(36-19-9-7-10-20-36)57(45)47(53)38-23-17-24-39(33-38)66-31-30-59/h7-12,17,19-26,32-34,42-47,58-59H,4-6,14-16,27-31H2,1-3H3,(H,54,64). The van der Waals surface area contributed by atoms with Crippen LogP contribution < -0.4 is 15.0 Å². The third-order valence-electron chi connectivity index (χ3n) is 13.5. The molecule has 7 atom stereocenters. The van der Waals surface area contributed by atoms with Crippen molar-refractivity contribution >= 4 is 35.5 Å². The number of hydrogen-bond donors (Lipinski definition) is 3. The summed E-state index contributed by atoms with van der Waals surface area (Å²) < 4.78 is 17.7. The average Bonchev–Trinajstić information content (AvgIpc) is 3.79. The highest BCUT2D eigenvalue weighted by atomic mass is 16.6. The summed E-state index contributed by atoms with van der Waals surface area (Å²) in [5, 5.41) is 22.3. The number of urea groups is 1. The predicted octanol–water partition coefficient (Wildman–Crippen LogP) is 6.16. The Morgan fingerprint density at radius 2 is 1.49 bits per heavy atom. The zero-order valence-corrected chi connectivity index (χ0v) is 38.1. The maximum absolute atomic E-state index is 16.7. The number of cyclic esters (lactones) is 1. The molecule has 0 radical (unpaired) electrons. The van der Waals surface area contributed by atoms with Crippen LogP contribution in [-0.2, 0) is 34.1 Å². The number of rotatable bonds is 11.